The third kappa shape index (κ3) is 4.84. The summed E-state index contributed by atoms with van der Waals surface area (Å²) in [6.45, 7) is 13.1. The number of hydrogen-bond acceptors (Lipinski definition) is 11. The van der Waals surface area contributed by atoms with Crippen molar-refractivity contribution in [2.24, 2.45) is 5.92 Å². The van der Waals surface area contributed by atoms with Crippen LogP contribution in [0.3, 0.4) is 0 Å². The lowest BCUT2D eigenvalue weighted by atomic mass is 9.97. The van der Waals surface area contributed by atoms with E-state index in [1.54, 1.807) is 5.06 Å². The highest BCUT2D eigenvalue weighted by Gasteiger charge is 2.65. The van der Waals surface area contributed by atoms with E-state index in [9.17, 15) is 9.59 Å². The standard InChI is InChI=1S/C23H37NO10/c1-12(2)9-14-10-23(20(26)27-8,30-13(3)25)34-24(14)19-18-17(32-22(6,7)33-18)16(29-19)15-11-28-21(4,5)31-15/h12,14-19H,9-11H2,1-8H3/t14-,15+,16-,17+,18+,19+,23+/m0/s1. The Morgan fingerprint density at radius 1 is 1.03 bits per heavy atom. The van der Waals surface area contributed by atoms with Crippen molar-refractivity contribution >= 4 is 11.9 Å². The monoisotopic (exact) mass is 487 g/mol. The lowest BCUT2D eigenvalue weighted by Gasteiger charge is -2.33. The number of rotatable bonds is 6. The van der Waals surface area contributed by atoms with Crippen molar-refractivity contribution in [3.63, 3.8) is 0 Å². The highest BCUT2D eigenvalue weighted by atomic mass is 16.9. The Kier molecular flexibility index (Phi) is 6.78. The van der Waals surface area contributed by atoms with Crippen LogP contribution in [0.5, 0.6) is 0 Å². The Morgan fingerprint density at radius 2 is 1.71 bits per heavy atom. The van der Waals surface area contributed by atoms with Crippen molar-refractivity contribution in [2.75, 3.05) is 13.7 Å². The molecule has 4 aliphatic rings. The van der Waals surface area contributed by atoms with Crippen molar-refractivity contribution in [2.45, 2.75) is 115 Å². The largest absolute Gasteiger partial charge is 0.464 e. The maximum atomic E-state index is 12.8. The summed E-state index contributed by atoms with van der Waals surface area (Å²) in [6, 6.07) is -0.313. The molecule has 34 heavy (non-hydrogen) atoms. The molecule has 0 aromatic rings. The molecule has 194 valence electrons. The van der Waals surface area contributed by atoms with Gasteiger partial charge in [0.2, 0.25) is 0 Å². The first-order chi connectivity index (χ1) is 15.8. The summed E-state index contributed by atoms with van der Waals surface area (Å²) in [5.41, 5.74) is 0. The van der Waals surface area contributed by atoms with Crippen molar-refractivity contribution in [3.05, 3.63) is 0 Å². The summed E-state index contributed by atoms with van der Waals surface area (Å²) >= 11 is 0. The van der Waals surface area contributed by atoms with E-state index in [0.29, 0.717) is 13.0 Å². The number of hydrogen-bond donors (Lipinski definition) is 0. The molecule has 0 aliphatic carbocycles. The van der Waals surface area contributed by atoms with Crippen molar-refractivity contribution < 1.29 is 47.6 Å². The van der Waals surface area contributed by atoms with E-state index in [1.807, 2.05) is 27.7 Å². The Hall–Kier alpha value is -1.34. The third-order valence-electron chi connectivity index (χ3n) is 6.38. The molecular weight excluding hydrogens is 450 g/mol. The second-order valence-electron chi connectivity index (χ2n) is 10.7. The minimum atomic E-state index is -1.90. The van der Waals surface area contributed by atoms with E-state index in [4.69, 9.17) is 38.0 Å². The molecule has 11 heteroatoms. The molecule has 4 saturated heterocycles. The summed E-state index contributed by atoms with van der Waals surface area (Å²) in [6.07, 6.45) is -1.85. The van der Waals surface area contributed by atoms with E-state index < -0.39 is 53.8 Å². The van der Waals surface area contributed by atoms with E-state index in [1.165, 1.54) is 14.0 Å². The molecule has 0 aromatic heterocycles. The van der Waals surface area contributed by atoms with Crippen LogP contribution in [0.2, 0.25) is 0 Å². The average molecular weight is 488 g/mol. The number of ether oxygens (including phenoxy) is 7. The zero-order valence-corrected chi connectivity index (χ0v) is 21.2. The molecule has 4 aliphatic heterocycles. The Balaban J connectivity index is 1.65. The van der Waals surface area contributed by atoms with Crippen LogP contribution in [-0.2, 0) is 47.6 Å². The second kappa shape index (κ2) is 8.95. The first-order valence-electron chi connectivity index (χ1n) is 11.8. The van der Waals surface area contributed by atoms with Gasteiger partial charge in [-0.3, -0.25) is 4.79 Å². The molecule has 7 atom stereocenters. The summed E-state index contributed by atoms with van der Waals surface area (Å²) in [7, 11) is 1.23. The molecule has 11 nitrogen and oxygen atoms in total. The Morgan fingerprint density at radius 3 is 2.26 bits per heavy atom. The van der Waals surface area contributed by atoms with Gasteiger partial charge in [-0.15, -0.1) is 5.06 Å². The fourth-order valence-corrected chi connectivity index (χ4v) is 5.27. The molecule has 4 fully saturated rings. The van der Waals surface area contributed by atoms with Gasteiger partial charge in [-0.2, -0.15) is 0 Å². The van der Waals surface area contributed by atoms with Gasteiger partial charge in [0.25, 0.3) is 0 Å². The van der Waals surface area contributed by atoms with Gasteiger partial charge in [0.05, 0.1) is 13.7 Å². The highest BCUT2D eigenvalue weighted by Crippen LogP contribution is 2.47. The Bertz CT molecular complexity index is 801. The minimum absolute atomic E-state index is 0.0969. The fraction of sp³-hybridized carbons (Fsp3) is 0.913. The molecule has 4 rings (SSSR count). The summed E-state index contributed by atoms with van der Waals surface area (Å²) < 4.78 is 41.1. The second-order valence-corrected chi connectivity index (χ2v) is 10.7. The van der Waals surface area contributed by atoms with Gasteiger partial charge in [0.1, 0.15) is 24.4 Å². The van der Waals surface area contributed by atoms with Gasteiger partial charge >= 0.3 is 17.7 Å². The van der Waals surface area contributed by atoms with Crippen molar-refractivity contribution in [1.29, 1.82) is 0 Å². The topological polar surface area (TPSA) is 111 Å². The summed E-state index contributed by atoms with van der Waals surface area (Å²) in [4.78, 5) is 30.8. The van der Waals surface area contributed by atoms with Crippen LogP contribution in [0.1, 0.15) is 61.3 Å². The number of esters is 2. The molecule has 4 heterocycles. The first-order valence-corrected chi connectivity index (χ1v) is 11.8. The minimum Gasteiger partial charge on any atom is -0.464 e. The molecule has 0 bridgehead atoms. The van der Waals surface area contributed by atoms with Crippen LogP contribution < -0.4 is 0 Å². The van der Waals surface area contributed by atoms with E-state index in [2.05, 4.69) is 13.8 Å². The van der Waals surface area contributed by atoms with Crippen LogP contribution >= 0.6 is 0 Å². The highest BCUT2D eigenvalue weighted by molar-refractivity contribution is 5.81. The predicted molar refractivity (Wildman–Crippen MR) is 115 cm³/mol. The van der Waals surface area contributed by atoms with Gasteiger partial charge in [-0.05, 0) is 40.0 Å². The molecular formula is C23H37NO10. The van der Waals surface area contributed by atoms with Gasteiger partial charge in [0, 0.05) is 19.4 Å². The van der Waals surface area contributed by atoms with Crippen LogP contribution in [0.25, 0.3) is 0 Å². The zero-order valence-electron chi connectivity index (χ0n) is 21.2. The molecule has 0 spiro atoms. The quantitative estimate of drug-likeness (QED) is 0.512. The molecule has 0 unspecified atom stereocenters. The van der Waals surface area contributed by atoms with E-state index in [0.717, 1.165) is 0 Å². The molecule has 0 N–H and O–H groups in total. The maximum absolute atomic E-state index is 12.8. The van der Waals surface area contributed by atoms with E-state index in [-0.39, 0.29) is 24.5 Å². The maximum Gasteiger partial charge on any atom is 0.381 e. The fourth-order valence-electron chi connectivity index (χ4n) is 5.27. The van der Waals surface area contributed by atoms with Gasteiger partial charge in [-0.1, -0.05) is 13.8 Å². The number of nitrogens with zero attached hydrogens (tertiary/aromatic N) is 1. The molecule has 0 aromatic carbocycles. The van der Waals surface area contributed by atoms with Crippen molar-refractivity contribution in [3.8, 4) is 0 Å². The summed E-state index contributed by atoms with van der Waals surface area (Å²) in [5, 5.41) is 1.59. The molecule has 0 amide bonds. The zero-order chi connectivity index (χ0) is 25.1. The van der Waals surface area contributed by atoms with Crippen molar-refractivity contribution in [1.82, 2.24) is 5.06 Å². The number of fused-ring (bicyclic) bond motifs is 1. The number of carbonyl (C=O) groups is 2. The third-order valence-corrected chi connectivity index (χ3v) is 6.38. The smallest absolute Gasteiger partial charge is 0.381 e. The molecule has 0 radical (unpaired) electrons. The normalized spacial score (nSPS) is 41.1. The first kappa shape index (κ1) is 25.7. The van der Waals surface area contributed by atoms with Gasteiger partial charge < -0.3 is 33.2 Å². The van der Waals surface area contributed by atoms with Crippen LogP contribution in [-0.4, -0.2) is 84.8 Å². The van der Waals surface area contributed by atoms with E-state index >= 15 is 0 Å². The van der Waals surface area contributed by atoms with Crippen LogP contribution in [0.4, 0.5) is 0 Å². The number of carbonyl (C=O) groups excluding carboxylic acids is 2. The van der Waals surface area contributed by atoms with Crippen LogP contribution in [0.15, 0.2) is 0 Å². The predicted octanol–water partition coefficient (Wildman–Crippen LogP) is 1.87. The molecule has 0 saturated carbocycles. The van der Waals surface area contributed by atoms with Crippen LogP contribution in [0, 0.1) is 5.92 Å². The number of hydroxylamine groups is 2. The SMILES string of the molecule is COC(=O)[C@@]1(OC(C)=O)C[C@H](CC(C)C)N([C@@H]2O[C@@H]([C@H]3COC(C)(C)O3)[C@H]3OC(C)(C)O[C@H]32)O1. The number of methoxy groups -OCH3 is 1. The van der Waals surface area contributed by atoms with Gasteiger partial charge in [0.15, 0.2) is 17.8 Å². The summed E-state index contributed by atoms with van der Waals surface area (Å²) in [5.74, 6) is -4.67. The van der Waals surface area contributed by atoms with Gasteiger partial charge in [-0.25, -0.2) is 9.63 Å². The average Bonchev–Trinajstić information content (AvgIpc) is 3.41. The lowest BCUT2D eigenvalue weighted by Crippen LogP contribution is -2.49. The Labute approximate surface area is 200 Å². The lowest BCUT2D eigenvalue weighted by molar-refractivity contribution is -0.340.